The molecule has 1 unspecified atom stereocenters. The van der Waals surface area contributed by atoms with Crippen LogP contribution in [0.5, 0.6) is 0 Å². The first kappa shape index (κ1) is 11.9. The van der Waals surface area contributed by atoms with Crippen LogP contribution < -0.4 is 0 Å². The Morgan fingerprint density at radius 3 is 2.50 bits per heavy atom. The van der Waals surface area contributed by atoms with Crippen molar-refractivity contribution in [3.05, 3.63) is 0 Å². The highest BCUT2D eigenvalue weighted by atomic mass is 16.4. The molecule has 2 aliphatic heterocycles. The van der Waals surface area contributed by atoms with Crippen molar-refractivity contribution >= 4 is 5.97 Å². The van der Waals surface area contributed by atoms with Crippen molar-refractivity contribution in [1.29, 1.82) is 0 Å². The lowest BCUT2D eigenvalue weighted by Gasteiger charge is -2.41. The fraction of sp³-hybridized carbons (Fsp3) is 0.917. The largest absolute Gasteiger partial charge is 0.480 e. The molecule has 0 aliphatic carbocycles. The average Bonchev–Trinajstić information content (AvgIpc) is 2.63. The highest BCUT2D eigenvalue weighted by molar-refractivity contribution is 5.78. The van der Waals surface area contributed by atoms with E-state index in [1.165, 1.54) is 0 Å². The molecular formula is C12H22N2O2. The van der Waals surface area contributed by atoms with Gasteiger partial charge in [0.25, 0.3) is 0 Å². The summed E-state index contributed by atoms with van der Waals surface area (Å²) in [4.78, 5) is 16.0. The Bertz CT molecular complexity index is 274. The molecule has 2 saturated heterocycles. The first-order valence-corrected chi connectivity index (χ1v) is 6.23. The van der Waals surface area contributed by atoms with Crippen LogP contribution in [0.3, 0.4) is 0 Å². The van der Waals surface area contributed by atoms with Crippen LogP contribution >= 0.6 is 0 Å². The molecular weight excluding hydrogens is 204 g/mol. The summed E-state index contributed by atoms with van der Waals surface area (Å²) in [5.41, 5.74) is -0.611. The van der Waals surface area contributed by atoms with Crippen LogP contribution in [0.2, 0.25) is 0 Å². The van der Waals surface area contributed by atoms with Gasteiger partial charge in [-0.2, -0.15) is 0 Å². The summed E-state index contributed by atoms with van der Waals surface area (Å²) >= 11 is 0. The quantitative estimate of drug-likeness (QED) is 0.763. The number of carbonyl (C=O) groups is 1. The first-order chi connectivity index (χ1) is 7.54. The fourth-order valence-electron chi connectivity index (χ4n) is 3.11. The van der Waals surface area contributed by atoms with E-state index in [1.54, 1.807) is 0 Å². The number of carboxylic acid groups (broad SMARTS) is 1. The lowest BCUT2D eigenvalue weighted by molar-refractivity contribution is -0.150. The molecule has 2 fully saturated rings. The summed E-state index contributed by atoms with van der Waals surface area (Å²) in [6.45, 7) is 5.03. The average molecular weight is 226 g/mol. The molecule has 0 amide bonds. The summed E-state index contributed by atoms with van der Waals surface area (Å²) in [5.74, 6) is -0.649. The van der Waals surface area contributed by atoms with Crippen LogP contribution in [0.25, 0.3) is 0 Å². The fourth-order valence-corrected chi connectivity index (χ4v) is 3.11. The van der Waals surface area contributed by atoms with E-state index in [4.69, 9.17) is 0 Å². The van der Waals surface area contributed by atoms with E-state index in [0.717, 1.165) is 45.3 Å². The summed E-state index contributed by atoms with van der Waals surface area (Å²) < 4.78 is 0. The highest BCUT2D eigenvalue weighted by Crippen LogP contribution is 2.34. The minimum atomic E-state index is -0.649. The predicted molar refractivity (Wildman–Crippen MR) is 62.5 cm³/mol. The van der Waals surface area contributed by atoms with Crippen LogP contribution in [0.15, 0.2) is 0 Å². The topological polar surface area (TPSA) is 43.8 Å². The van der Waals surface area contributed by atoms with Gasteiger partial charge in [0, 0.05) is 6.04 Å². The van der Waals surface area contributed by atoms with Gasteiger partial charge in [-0.15, -0.1) is 0 Å². The van der Waals surface area contributed by atoms with Crippen LogP contribution in [0.1, 0.15) is 32.6 Å². The molecule has 0 spiro atoms. The van der Waals surface area contributed by atoms with Crippen LogP contribution in [0.4, 0.5) is 0 Å². The number of piperidine rings is 1. The van der Waals surface area contributed by atoms with Gasteiger partial charge in [0.15, 0.2) is 0 Å². The van der Waals surface area contributed by atoms with Gasteiger partial charge in [0.05, 0.1) is 0 Å². The minimum Gasteiger partial charge on any atom is -0.480 e. The molecule has 2 rings (SSSR count). The number of rotatable bonds is 2. The molecule has 0 saturated carbocycles. The smallest absolute Gasteiger partial charge is 0.323 e. The lowest BCUT2D eigenvalue weighted by Crippen LogP contribution is -2.55. The summed E-state index contributed by atoms with van der Waals surface area (Å²) in [6, 6.07) is 0.472. The van der Waals surface area contributed by atoms with Gasteiger partial charge in [-0.05, 0) is 59.3 Å². The van der Waals surface area contributed by atoms with Gasteiger partial charge in [0.1, 0.15) is 5.54 Å². The van der Waals surface area contributed by atoms with Crippen LogP contribution in [-0.4, -0.2) is 59.1 Å². The number of carboxylic acids is 1. The molecule has 16 heavy (non-hydrogen) atoms. The summed E-state index contributed by atoms with van der Waals surface area (Å²) in [5, 5.41) is 9.37. The second-order valence-electron chi connectivity index (χ2n) is 5.41. The van der Waals surface area contributed by atoms with Crippen LogP contribution in [0, 0.1) is 0 Å². The Kier molecular flexibility index (Phi) is 3.22. The third-order valence-electron chi connectivity index (χ3n) is 4.29. The maximum atomic E-state index is 11.4. The van der Waals surface area contributed by atoms with Gasteiger partial charge in [0.2, 0.25) is 0 Å². The van der Waals surface area contributed by atoms with Crippen molar-refractivity contribution in [2.45, 2.75) is 44.2 Å². The number of hydrogen-bond donors (Lipinski definition) is 1. The van der Waals surface area contributed by atoms with Crippen molar-refractivity contribution in [3.8, 4) is 0 Å². The van der Waals surface area contributed by atoms with E-state index in [-0.39, 0.29) is 0 Å². The molecule has 4 heteroatoms. The molecule has 0 radical (unpaired) electrons. The monoisotopic (exact) mass is 226 g/mol. The molecule has 0 aromatic rings. The number of aliphatic carboxylic acids is 1. The summed E-state index contributed by atoms with van der Waals surface area (Å²) in [7, 11) is 2.14. The number of nitrogens with zero attached hydrogens (tertiary/aromatic N) is 2. The van der Waals surface area contributed by atoms with E-state index in [2.05, 4.69) is 16.8 Å². The highest BCUT2D eigenvalue weighted by Gasteiger charge is 2.46. The van der Waals surface area contributed by atoms with Crippen molar-refractivity contribution in [3.63, 3.8) is 0 Å². The summed E-state index contributed by atoms with van der Waals surface area (Å²) in [6.07, 6.45) is 4.04. The molecule has 1 N–H and O–H groups in total. The van der Waals surface area contributed by atoms with Gasteiger partial charge in [-0.1, -0.05) is 0 Å². The zero-order valence-electron chi connectivity index (χ0n) is 10.3. The second-order valence-corrected chi connectivity index (χ2v) is 5.41. The normalized spacial score (nSPS) is 34.4. The van der Waals surface area contributed by atoms with Crippen molar-refractivity contribution < 1.29 is 9.90 Å². The molecule has 0 aromatic heterocycles. The minimum absolute atomic E-state index is 0.472. The second kappa shape index (κ2) is 4.34. The SMILES string of the molecule is CN1CCC(N2CCCC2(C)C(=O)O)CC1. The van der Waals surface area contributed by atoms with E-state index < -0.39 is 11.5 Å². The third kappa shape index (κ3) is 1.96. The van der Waals surface area contributed by atoms with Gasteiger partial charge >= 0.3 is 5.97 Å². The zero-order valence-corrected chi connectivity index (χ0v) is 10.3. The Balaban J connectivity index is 2.06. The Morgan fingerprint density at radius 2 is 1.94 bits per heavy atom. The molecule has 92 valence electrons. The van der Waals surface area contributed by atoms with Gasteiger partial charge in [-0.25, -0.2) is 0 Å². The molecule has 2 aliphatic rings. The lowest BCUT2D eigenvalue weighted by atomic mass is 9.94. The molecule has 1 atom stereocenters. The standard InChI is InChI=1S/C12H22N2O2/c1-12(11(15)16)6-3-7-14(12)10-4-8-13(2)9-5-10/h10H,3-9H2,1-2H3,(H,15,16). The maximum Gasteiger partial charge on any atom is 0.323 e. The van der Waals surface area contributed by atoms with E-state index in [1.807, 2.05) is 6.92 Å². The Morgan fingerprint density at radius 1 is 1.31 bits per heavy atom. The van der Waals surface area contributed by atoms with Gasteiger partial charge < -0.3 is 10.0 Å². The van der Waals surface area contributed by atoms with E-state index in [0.29, 0.717) is 6.04 Å². The van der Waals surface area contributed by atoms with Crippen molar-refractivity contribution in [2.24, 2.45) is 0 Å². The Hall–Kier alpha value is -0.610. The van der Waals surface area contributed by atoms with E-state index in [9.17, 15) is 9.90 Å². The van der Waals surface area contributed by atoms with Gasteiger partial charge in [-0.3, -0.25) is 9.69 Å². The molecule has 0 bridgehead atoms. The zero-order chi connectivity index (χ0) is 11.8. The number of hydrogen-bond acceptors (Lipinski definition) is 3. The third-order valence-corrected chi connectivity index (χ3v) is 4.29. The molecule has 2 heterocycles. The Labute approximate surface area is 97.2 Å². The van der Waals surface area contributed by atoms with Crippen LogP contribution in [-0.2, 0) is 4.79 Å². The van der Waals surface area contributed by atoms with Crippen molar-refractivity contribution in [2.75, 3.05) is 26.7 Å². The van der Waals surface area contributed by atoms with E-state index >= 15 is 0 Å². The molecule has 0 aromatic carbocycles. The maximum absolute atomic E-state index is 11.4. The predicted octanol–water partition coefficient (Wildman–Crippen LogP) is 1.02. The first-order valence-electron chi connectivity index (χ1n) is 6.23. The molecule has 4 nitrogen and oxygen atoms in total. The number of likely N-dealkylation sites (tertiary alicyclic amines) is 2. The van der Waals surface area contributed by atoms with Crippen molar-refractivity contribution in [1.82, 2.24) is 9.80 Å².